The fourth-order valence-electron chi connectivity index (χ4n) is 1.96. The molecule has 0 atom stereocenters. The number of nitrogens with zero attached hydrogens (tertiary/aromatic N) is 5. The van der Waals surface area contributed by atoms with Gasteiger partial charge in [0.1, 0.15) is 6.33 Å². The lowest BCUT2D eigenvalue weighted by Gasteiger charge is -2.17. The van der Waals surface area contributed by atoms with Gasteiger partial charge in [-0.1, -0.05) is 20.8 Å². The first-order valence-corrected chi connectivity index (χ1v) is 6.56. The predicted molar refractivity (Wildman–Crippen MR) is 75.6 cm³/mol. The van der Waals surface area contributed by atoms with Gasteiger partial charge in [-0.05, 0) is 6.92 Å². The molecule has 2 aromatic rings. The second kappa shape index (κ2) is 5.07. The molecule has 0 aliphatic carbocycles. The smallest absolute Gasteiger partial charge is 0.261 e. The molecule has 20 heavy (non-hydrogen) atoms. The van der Waals surface area contributed by atoms with E-state index in [1.165, 1.54) is 0 Å². The molecule has 2 rings (SSSR count). The van der Waals surface area contributed by atoms with Gasteiger partial charge >= 0.3 is 0 Å². The highest BCUT2D eigenvalue weighted by molar-refractivity contribution is 6.04. The van der Waals surface area contributed by atoms with Crippen LogP contribution in [-0.4, -0.2) is 30.5 Å². The molecule has 1 amide bonds. The van der Waals surface area contributed by atoms with Crippen LogP contribution in [0.3, 0.4) is 0 Å². The van der Waals surface area contributed by atoms with Gasteiger partial charge in [-0.15, -0.1) is 10.2 Å². The largest absolute Gasteiger partial charge is 0.300 e. The maximum atomic E-state index is 12.4. The minimum Gasteiger partial charge on any atom is -0.300 e. The van der Waals surface area contributed by atoms with Crippen LogP contribution in [0, 0.1) is 0 Å². The molecular formula is C13H20N6O. The molecule has 108 valence electrons. The van der Waals surface area contributed by atoms with Crippen LogP contribution in [0.1, 0.15) is 43.7 Å². The maximum Gasteiger partial charge on any atom is 0.261 e. The zero-order valence-corrected chi connectivity index (χ0v) is 12.5. The Bertz CT molecular complexity index is 619. The predicted octanol–water partition coefficient (Wildman–Crippen LogP) is 1.58. The molecule has 0 saturated heterocycles. The van der Waals surface area contributed by atoms with Crippen LogP contribution >= 0.6 is 0 Å². The molecule has 2 aromatic heterocycles. The third-order valence-corrected chi connectivity index (χ3v) is 2.97. The van der Waals surface area contributed by atoms with Crippen molar-refractivity contribution in [2.75, 3.05) is 5.32 Å². The van der Waals surface area contributed by atoms with Crippen molar-refractivity contribution in [2.24, 2.45) is 7.05 Å². The van der Waals surface area contributed by atoms with E-state index >= 15 is 0 Å². The first kappa shape index (κ1) is 14.2. The van der Waals surface area contributed by atoms with Crippen LogP contribution in [0.5, 0.6) is 0 Å². The van der Waals surface area contributed by atoms with Gasteiger partial charge in [0.05, 0.1) is 11.3 Å². The summed E-state index contributed by atoms with van der Waals surface area (Å²) in [6, 6.07) is 0. The zero-order valence-electron chi connectivity index (χ0n) is 12.5. The first-order valence-electron chi connectivity index (χ1n) is 6.56. The van der Waals surface area contributed by atoms with E-state index in [9.17, 15) is 4.79 Å². The third kappa shape index (κ3) is 2.71. The fraction of sp³-hybridized carbons (Fsp3) is 0.538. The van der Waals surface area contributed by atoms with Crippen LogP contribution < -0.4 is 5.32 Å². The molecule has 0 radical (unpaired) electrons. The Labute approximate surface area is 118 Å². The zero-order chi connectivity index (χ0) is 14.9. The van der Waals surface area contributed by atoms with Crippen LogP contribution in [-0.2, 0) is 19.0 Å². The van der Waals surface area contributed by atoms with Crippen molar-refractivity contribution >= 4 is 11.9 Å². The number of rotatable bonds is 3. The molecule has 0 aliphatic heterocycles. The van der Waals surface area contributed by atoms with Gasteiger partial charge in [-0.25, -0.2) is 0 Å². The van der Waals surface area contributed by atoms with Gasteiger partial charge < -0.3 is 0 Å². The third-order valence-electron chi connectivity index (χ3n) is 2.97. The quantitative estimate of drug-likeness (QED) is 0.923. The highest BCUT2D eigenvalue weighted by Crippen LogP contribution is 2.24. The van der Waals surface area contributed by atoms with Crippen molar-refractivity contribution in [3.05, 3.63) is 23.8 Å². The molecule has 2 heterocycles. The fourth-order valence-corrected chi connectivity index (χ4v) is 1.96. The van der Waals surface area contributed by atoms with Gasteiger partial charge in [0.2, 0.25) is 5.95 Å². The lowest BCUT2D eigenvalue weighted by molar-refractivity contribution is 0.102. The molecule has 0 bridgehead atoms. The van der Waals surface area contributed by atoms with Crippen molar-refractivity contribution < 1.29 is 4.79 Å². The summed E-state index contributed by atoms with van der Waals surface area (Å²) in [5.41, 5.74) is 1.12. The Morgan fingerprint density at radius 3 is 2.70 bits per heavy atom. The monoisotopic (exact) mass is 276 g/mol. The van der Waals surface area contributed by atoms with Crippen molar-refractivity contribution in [2.45, 2.75) is 39.7 Å². The minimum atomic E-state index is -0.217. The molecular weight excluding hydrogens is 256 g/mol. The minimum absolute atomic E-state index is 0.202. The van der Waals surface area contributed by atoms with Crippen LogP contribution in [0.4, 0.5) is 5.95 Å². The molecule has 0 unspecified atom stereocenters. The van der Waals surface area contributed by atoms with E-state index in [1.54, 1.807) is 28.8 Å². The Morgan fingerprint density at radius 1 is 1.40 bits per heavy atom. The summed E-state index contributed by atoms with van der Waals surface area (Å²) < 4.78 is 3.42. The van der Waals surface area contributed by atoms with E-state index in [-0.39, 0.29) is 11.3 Å². The Kier molecular flexibility index (Phi) is 3.61. The molecule has 0 fully saturated rings. The van der Waals surface area contributed by atoms with Gasteiger partial charge in [0.25, 0.3) is 5.91 Å². The Hall–Kier alpha value is -2.18. The summed E-state index contributed by atoms with van der Waals surface area (Å²) in [7, 11) is 1.81. The highest BCUT2D eigenvalue weighted by atomic mass is 16.1. The summed E-state index contributed by atoms with van der Waals surface area (Å²) in [5, 5.41) is 14.9. The second-order valence-electron chi connectivity index (χ2n) is 5.71. The molecule has 0 aliphatic rings. The number of aromatic nitrogens is 5. The molecule has 7 nitrogen and oxygen atoms in total. The topological polar surface area (TPSA) is 77.6 Å². The van der Waals surface area contributed by atoms with Gasteiger partial charge in [0.15, 0.2) is 0 Å². The van der Waals surface area contributed by atoms with E-state index in [4.69, 9.17) is 0 Å². The number of aryl methyl sites for hydroxylation is 2. The van der Waals surface area contributed by atoms with Crippen molar-refractivity contribution in [3.63, 3.8) is 0 Å². The summed E-state index contributed by atoms with van der Waals surface area (Å²) >= 11 is 0. The maximum absolute atomic E-state index is 12.4. The van der Waals surface area contributed by atoms with Gasteiger partial charge in [0, 0.05) is 25.2 Å². The average molecular weight is 276 g/mol. The number of hydrogen-bond acceptors (Lipinski definition) is 4. The van der Waals surface area contributed by atoms with Crippen LogP contribution in [0.25, 0.3) is 0 Å². The number of carbonyl (C=O) groups is 1. The normalized spacial score (nSPS) is 11.7. The van der Waals surface area contributed by atoms with Gasteiger partial charge in [-0.3, -0.25) is 19.4 Å². The van der Waals surface area contributed by atoms with Crippen LogP contribution in [0.15, 0.2) is 12.5 Å². The van der Waals surface area contributed by atoms with Crippen molar-refractivity contribution in [1.82, 2.24) is 24.5 Å². The average Bonchev–Trinajstić information content (AvgIpc) is 2.94. The molecule has 0 saturated carbocycles. The highest BCUT2D eigenvalue weighted by Gasteiger charge is 2.26. The summed E-state index contributed by atoms with van der Waals surface area (Å²) in [6.45, 7) is 8.74. The van der Waals surface area contributed by atoms with E-state index in [2.05, 4.69) is 20.6 Å². The number of amides is 1. The molecule has 0 aromatic carbocycles. The number of nitrogens with one attached hydrogen (secondary N) is 1. The standard InChI is InChI=1S/C13H20N6O/c1-6-19-8-14-16-12(19)15-11(20)9-7-18(5)17-10(9)13(2,3)4/h7-8H,6H2,1-5H3,(H,15,16,20). The first-order chi connectivity index (χ1) is 9.32. The summed E-state index contributed by atoms with van der Waals surface area (Å²) in [5.74, 6) is 0.229. The van der Waals surface area contributed by atoms with Crippen molar-refractivity contribution in [1.29, 1.82) is 0 Å². The molecule has 0 spiro atoms. The van der Waals surface area contributed by atoms with E-state index in [1.807, 2.05) is 27.7 Å². The Balaban J connectivity index is 2.30. The van der Waals surface area contributed by atoms with Gasteiger partial charge in [-0.2, -0.15) is 5.10 Å². The molecule has 1 N–H and O–H groups in total. The van der Waals surface area contributed by atoms with E-state index in [0.717, 1.165) is 5.69 Å². The number of anilines is 1. The SMILES string of the molecule is CCn1cnnc1NC(=O)c1cn(C)nc1C(C)(C)C. The van der Waals surface area contributed by atoms with Crippen LogP contribution in [0.2, 0.25) is 0 Å². The lowest BCUT2D eigenvalue weighted by Crippen LogP contribution is -2.21. The summed E-state index contributed by atoms with van der Waals surface area (Å²) in [6.07, 6.45) is 3.31. The van der Waals surface area contributed by atoms with E-state index < -0.39 is 0 Å². The lowest BCUT2D eigenvalue weighted by atomic mass is 9.89. The second-order valence-corrected chi connectivity index (χ2v) is 5.71. The number of hydrogen-bond donors (Lipinski definition) is 1. The Morgan fingerprint density at radius 2 is 2.10 bits per heavy atom. The van der Waals surface area contributed by atoms with E-state index in [0.29, 0.717) is 18.1 Å². The summed E-state index contributed by atoms with van der Waals surface area (Å²) in [4.78, 5) is 12.4. The molecule has 7 heteroatoms. The van der Waals surface area contributed by atoms with Crippen molar-refractivity contribution in [3.8, 4) is 0 Å². The number of carbonyl (C=O) groups excluding carboxylic acids is 1.